The Morgan fingerprint density at radius 1 is 1.38 bits per heavy atom. The Bertz CT molecular complexity index is 754. The van der Waals surface area contributed by atoms with Gasteiger partial charge < -0.3 is 20.3 Å². The van der Waals surface area contributed by atoms with Crippen LogP contribution in [0, 0.1) is 17.7 Å². The van der Waals surface area contributed by atoms with E-state index in [4.69, 9.17) is 10.5 Å². The monoisotopic (exact) mass is 361 g/mol. The summed E-state index contributed by atoms with van der Waals surface area (Å²) in [5.74, 6) is 4.92. The standard InChI is InChI=1S/C19H24FN3O3/c1-4-5-6-7-18(24)22-8-9-23(13(2)12-22)19(25)14-10-15(20)16(21)11-17(14)26-3/h10-11,13H,6-9,12,21H2,1-3H3. The summed E-state index contributed by atoms with van der Waals surface area (Å²) in [5.41, 5.74) is 5.60. The second-order valence-electron chi connectivity index (χ2n) is 6.19. The number of halogens is 1. The third kappa shape index (κ3) is 4.26. The minimum atomic E-state index is -0.660. The summed E-state index contributed by atoms with van der Waals surface area (Å²) in [7, 11) is 1.41. The zero-order valence-electron chi connectivity index (χ0n) is 15.3. The number of ether oxygens (including phenoxy) is 1. The number of carbonyl (C=O) groups is 2. The summed E-state index contributed by atoms with van der Waals surface area (Å²) in [6.07, 6.45) is 0.906. The number of rotatable bonds is 4. The van der Waals surface area contributed by atoms with Gasteiger partial charge in [0.1, 0.15) is 11.6 Å². The number of nitrogens with two attached hydrogens (primary N) is 1. The lowest BCUT2D eigenvalue weighted by Gasteiger charge is -2.40. The van der Waals surface area contributed by atoms with Crippen molar-refractivity contribution < 1.29 is 18.7 Å². The quantitative estimate of drug-likeness (QED) is 0.656. The van der Waals surface area contributed by atoms with Gasteiger partial charge in [0.25, 0.3) is 5.91 Å². The van der Waals surface area contributed by atoms with Crippen LogP contribution in [0.3, 0.4) is 0 Å². The summed E-state index contributed by atoms with van der Waals surface area (Å²) >= 11 is 0. The number of nitrogen functional groups attached to an aromatic ring is 1. The summed E-state index contributed by atoms with van der Waals surface area (Å²) in [6.45, 7) is 4.85. The van der Waals surface area contributed by atoms with Gasteiger partial charge in [0.15, 0.2) is 0 Å². The van der Waals surface area contributed by atoms with Gasteiger partial charge >= 0.3 is 0 Å². The van der Waals surface area contributed by atoms with Crippen molar-refractivity contribution in [2.24, 2.45) is 0 Å². The van der Waals surface area contributed by atoms with E-state index in [1.165, 1.54) is 13.2 Å². The third-order valence-corrected chi connectivity index (χ3v) is 4.43. The summed E-state index contributed by atoms with van der Waals surface area (Å²) in [6, 6.07) is 2.22. The van der Waals surface area contributed by atoms with E-state index >= 15 is 0 Å². The molecule has 1 saturated heterocycles. The fraction of sp³-hybridized carbons (Fsp3) is 0.474. The molecule has 7 heteroatoms. The Hall–Kier alpha value is -2.75. The predicted molar refractivity (Wildman–Crippen MR) is 97.1 cm³/mol. The van der Waals surface area contributed by atoms with E-state index in [1.54, 1.807) is 16.7 Å². The lowest BCUT2D eigenvalue weighted by atomic mass is 10.1. The molecule has 1 unspecified atom stereocenters. The predicted octanol–water partition coefficient (Wildman–Crippen LogP) is 1.89. The normalized spacial score (nSPS) is 16.7. The van der Waals surface area contributed by atoms with Crippen LogP contribution in [0.25, 0.3) is 0 Å². The van der Waals surface area contributed by atoms with Crippen LogP contribution in [0.4, 0.5) is 10.1 Å². The Morgan fingerprint density at radius 3 is 2.73 bits per heavy atom. The number of benzene rings is 1. The van der Waals surface area contributed by atoms with Crippen LogP contribution in [-0.4, -0.2) is 54.4 Å². The van der Waals surface area contributed by atoms with Crippen molar-refractivity contribution in [3.8, 4) is 17.6 Å². The van der Waals surface area contributed by atoms with Crippen molar-refractivity contribution >= 4 is 17.5 Å². The molecule has 2 N–H and O–H groups in total. The van der Waals surface area contributed by atoms with Gasteiger partial charge in [-0.2, -0.15) is 0 Å². The number of methoxy groups -OCH3 is 1. The smallest absolute Gasteiger partial charge is 0.258 e. The maximum absolute atomic E-state index is 13.8. The van der Waals surface area contributed by atoms with Crippen LogP contribution in [0.2, 0.25) is 0 Å². The van der Waals surface area contributed by atoms with Gasteiger partial charge in [-0.05, 0) is 19.9 Å². The number of nitrogens with zero attached hydrogens (tertiary/aromatic N) is 2. The van der Waals surface area contributed by atoms with Crippen LogP contribution in [0.1, 0.15) is 37.0 Å². The summed E-state index contributed by atoms with van der Waals surface area (Å²) < 4.78 is 19.0. The average Bonchev–Trinajstić information content (AvgIpc) is 2.63. The molecule has 0 spiro atoms. The van der Waals surface area contributed by atoms with Crippen molar-refractivity contribution in [2.45, 2.75) is 32.7 Å². The fourth-order valence-corrected chi connectivity index (χ4v) is 3.00. The Morgan fingerprint density at radius 2 is 2.12 bits per heavy atom. The van der Waals surface area contributed by atoms with Crippen molar-refractivity contribution in [1.29, 1.82) is 0 Å². The average molecular weight is 361 g/mol. The van der Waals surface area contributed by atoms with E-state index in [1.807, 2.05) is 6.92 Å². The molecule has 0 aromatic heterocycles. The number of carbonyl (C=O) groups excluding carboxylic acids is 2. The van der Waals surface area contributed by atoms with Gasteiger partial charge in [-0.3, -0.25) is 9.59 Å². The highest BCUT2D eigenvalue weighted by molar-refractivity contribution is 5.98. The minimum Gasteiger partial charge on any atom is -0.496 e. The Labute approximate surface area is 153 Å². The van der Waals surface area contributed by atoms with Crippen molar-refractivity contribution in [3.63, 3.8) is 0 Å². The highest BCUT2D eigenvalue weighted by atomic mass is 19.1. The molecular weight excluding hydrogens is 337 g/mol. The van der Waals surface area contributed by atoms with Crippen molar-refractivity contribution in [2.75, 3.05) is 32.5 Å². The molecule has 1 fully saturated rings. The molecule has 1 aromatic rings. The molecule has 2 amide bonds. The molecule has 1 aromatic carbocycles. The van der Waals surface area contributed by atoms with Gasteiger partial charge in [-0.25, -0.2) is 4.39 Å². The van der Waals surface area contributed by atoms with Gasteiger partial charge in [0.05, 0.1) is 18.4 Å². The largest absolute Gasteiger partial charge is 0.496 e. The van der Waals surface area contributed by atoms with E-state index in [9.17, 15) is 14.0 Å². The maximum Gasteiger partial charge on any atom is 0.258 e. The van der Waals surface area contributed by atoms with E-state index < -0.39 is 5.82 Å². The lowest BCUT2D eigenvalue weighted by Crippen LogP contribution is -2.55. The SMILES string of the molecule is CC#CCCC(=O)N1CCN(C(=O)c2cc(F)c(N)cc2OC)C(C)C1. The van der Waals surface area contributed by atoms with Crippen LogP contribution in [-0.2, 0) is 4.79 Å². The van der Waals surface area contributed by atoms with Crippen LogP contribution < -0.4 is 10.5 Å². The van der Waals surface area contributed by atoms with Crippen LogP contribution >= 0.6 is 0 Å². The molecule has 0 radical (unpaired) electrons. The van der Waals surface area contributed by atoms with E-state index in [-0.39, 0.29) is 34.9 Å². The molecule has 1 heterocycles. The third-order valence-electron chi connectivity index (χ3n) is 4.43. The van der Waals surface area contributed by atoms with Crippen molar-refractivity contribution in [1.82, 2.24) is 9.80 Å². The Kier molecular flexibility index (Phi) is 6.45. The molecule has 1 atom stereocenters. The molecule has 1 aliphatic rings. The highest BCUT2D eigenvalue weighted by Gasteiger charge is 2.31. The number of piperazine rings is 1. The lowest BCUT2D eigenvalue weighted by molar-refractivity contribution is -0.133. The van der Waals surface area contributed by atoms with Gasteiger partial charge in [-0.15, -0.1) is 11.8 Å². The van der Waals surface area contributed by atoms with Crippen LogP contribution in [0.5, 0.6) is 5.75 Å². The summed E-state index contributed by atoms with van der Waals surface area (Å²) in [4.78, 5) is 28.4. The van der Waals surface area contributed by atoms with E-state index in [0.717, 1.165) is 6.07 Å². The number of hydrogen-bond donors (Lipinski definition) is 1. The first kappa shape index (κ1) is 19.6. The topological polar surface area (TPSA) is 75.9 Å². The Balaban J connectivity index is 2.09. The van der Waals surface area contributed by atoms with Crippen LogP contribution in [0.15, 0.2) is 12.1 Å². The van der Waals surface area contributed by atoms with Gasteiger partial charge in [0, 0.05) is 44.6 Å². The number of anilines is 1. The van der Waals surface area contributed by atoms with E-state index in [0.29, 0.717) is 32.5 Å². The first-order valence-corrected chi connectivity index (χ1v) is 8.50. The second-order valence-corrected chi connectivity index (χ2v) is 6.19. The molecular formula is C19H24FN3O3. The highest BCUT2D eigenvalue weighted by Crippen LogP contribution is 2.27. The summed E-state index contributed by atoms with van der Waals surface area (Å²) in [5, 5.41) is 0. The van der Waals surface area contributed by atoms with Gasteiger partial charge in [0.2, 0.25) is 5.91 Å². The van der Waals surface area contributed by atoms with Gasteiger partial charge in [-0.1, -0.05) is 0 Å². The molecule has 1 aliphatic heterocycles. The zero-order valence-corrected chi connectivity index (χ0v) is 15.3. The van der Waals surface area contributed by atoms with Crippen molar-refractivity contribution in [3.05, 3.63) is 23.5 Å². The number of hydrogen-bond acceptors (Lipinski definition) is 4. The molecule has 26 heavy (non-hydrogen) atoms. The molecule has 0 bridgehead atoms. The molecule has 0 aliphatic carbocycles. The minimum absolute atomic E-state index is 0.0304. The molecule has 6 nitrogen and oxygen atoms in total. The fourth-order valence-electron chi connectivity index (χ4n) is 3.00. The maximum atomic E-state index is 13.8. The molecule has 2 rings (SSSR count). The number of amides is 2. The molecule has 0 saturated carbocycles. The first-order valence-electron chi connectivity index (χ1n) is 8.50. The van der Waals surface area contributed by atoms with E-state index in [2.05, 4.69) is 11.8 Å². The molecule has 140 valence electrons. The second kappa shape index (κ2) is 8.56. The zero-order chi connectivity index (χ0) is 19.3. The first-order chi connectivity index (χ1) is 12.4.